The molecule has 0 unspecified atom stereocenters. The lowest BCUT2D eigenvalue weighted by atomic mass is 10.2. The topological polar surface area (TPSA) is 63.4 Å². The highest BCUT2D eigenvalue weighted by atomic mass is 32.2. The van der Waals surface area contributed by atoms with E-state index in [9.17, 15) is 8.42 Å². The van der Waals surface area contributed by atoms with Crippen LogP contribution < -0.4 is 5.73 Å². The molecule has 1 aromatic rings. The Kier molecular flexibility index (Phi) is 4.54. The van der Waals surface area contributed by atoms with Crippen molar-refractivity contribution in [2.24, 2.45) is 0 Å². The van der Waals surface area contributed by atoms with Gasteiger partial charge in [0, 0.05) is 18.3 Å². The highest BCUT2D eigenvalue weighted by molar-refractivity contribution is 7.88. The molecule has 17 heavy (non-hydrogen) atoms. The second-order valence-electron chi connectivity index (χ2n) is 4.30. The van der Waals surface area contributed by atoms with E-state index in [2.05, 4.69) is 0 Å². The van der Waals surface area contributed by atoms with Gasteiger partial charge in [-0.1, -0.05) is 19.1 Å². The Balaban J connectivity index is 2.93. The van der Waals surface area contributed by atoms with E-state index in [4.69, 9.17) is 5.73 Å². The van der Waals surface area contributed by atoms with Crippen molar-refractivity contribution < 1.29 is 8.42 Å². The normalized spacial score (nSPS) is 12.3. The molecular formula is C12H20N2O2S. The first-order valence-electron chi connectivity index (χ1n) is 5.70. The minimum absolute atomic E-state index is 0.00403. The van der Waals surface area contributed by atoms with E-state index in [1.807, 2.05) is 20.8 Å². The van der Waals surface area contributed by atoms with Gasteiger partial charge in [-0.15, -0.1) is 0 Å². The number of nitrogens with zero attached hydrogens (tertiary/aromatic N) is 1. The Bertz CT molecular complexity index is 469. The number of hydrogen-bond acceptors (Lipinski definition) is 3. The lowest BCUT2D eigenvalue weighted by molar-refractivity contribution is 0.368. The zero-order valence-electron chi connectivity index (χ0n) is 10.6. The van der Waals surface area contributed by atoms with Gasteiger partial charge in [0.25, 0.3) is 0 Å². The summed E-state index contributed by atoms with van der Waals surface area (Å²) in [5, 5.41) is 0. The molecular weight excluding hydrogens is 236 g/mol. The first-order chi connectivity index (χ1) is 7.86. The van der Waals surface area contributed by atoms with Crippen molar-refractivity contribution in [2.45, 2.75) is 32.6 Å². The largest absolute Gasteiger partial charge is 0.399 e. The monoisotopic (exact) mass is 256 g/mol. The maximum Gasteiger partial charge on any atom is 0.218 e. The van der Waals surface area contributed by atoms with Crippen LogP contribution in [-0.4, -0.2) is 25.3 Å². The minimum Gasteiger partial charge on any atom is -0.399 e. The van der Waals surface area contributed by atoms with Gasteiger partial charge < -0.3 is 5.73 Å². The van der Waals surface area contributed by atoms with E-state index in [1.54, 1.807) is 24.3 Å². The van der Waals surface area contributed by atoms with Crippen LogP contribution in [0.15, 0.2) is 24.3 Å². The quantitative estimate of drug-likeness (QED) is 0.817. The van der Waals surface area contributed by atoms with Gasteiger partial charge in [0.2, 0.25) is 10.0 Å². The van der Waals surface area contributed by atoms with Crippen LogP contribution in [0, 0.1) is 0 Å². The van der Waals surface area contributed by atoms with Gasteiger partial charge in [-0.2, -0.15) is 4.31 Å². The highest BCUT2D eigenvalue weighted by Gasteiger charge is 2.23. The molecule has 0 heterocycles. The fourth-order valence-electron chi connectivity index (χ4n) is 1.86. The molecule has 0 aliphatic rings. The van der Waals surface area contributed by atoms with Crippen LogP contribution in [0.25, 0.3) is 0 Å². The molecule has 2 N–H and O–H groups in total. The van der Waals surface area contributed by atoms with Crippen molar-refractivity contribution in [3.63, 3.8) is 0 Å². The number of benzene rings is 1. The van der Waals surface area contributed by atoms with E-state index in [0.29, 0.717) is 12.2 Å². The maximum atomic E-state index is 12.2. The summed E-state index contributed by atoms with van der Waals surface area (Å²) >= 11 is 0. The average molecular weight is 256 g/mol. The fourth-order valence-corrected chi connectivity index (χ4v) is 3.66. The van der Waals surface area contributed by atoms with Gasteiger partial charge in [-0.3, -0.25) is 0 Å². The molecule has 4 nitrogen and oxygen atoms in total. The van der Waals surface area contributed by atoms with Crippen LogP contribution in [0.3, 0.4) is 0 Å². The Morgan fingerprint density at radius 3 is 2.47 bits per heavy atom. The van der Waals surface area contributed by atoms with Crippen molar-refractivity contribution in [3.8, 4) is 0 Å². The van der Waals surface area contributed by atoms with Gasteiger partial charge in [0.15, 0.2) is 0 Å². The Labute approximate surface area is 103 Å². The SMILES string of the molecule is CCN(C(C)C)S(=O)(=O)Cc1cccc(N)c1. The first kappa shape index (κ1) is 14.0. The summed E-state index contributed by atoms with van der Waals surface area (Å²) in [4.78, 5) is 0. The Hall–Kier alpha value is -1.07. The van der Waals surface area contributed by atoms with Crippen molar-refractivity contribution >= 4 is 15.7 Å². The number of hydrogen-bond donors (Lipinski definition) is 1. The van der Waals surface area contributed by atoms with Gasteiger partial charge in [0.1, 0.15) is 0 Å². The molecule has 96 valence electrons. The second-order valence-corrected chi connectivity index (χ2v) is 6.22. The standard InChI is InChI=1S/C12H20N2O2S/c1-4-14(10(2)3)17(15,16)9-11-6-5-7-12(13)8-11/h5-8,10H,4,9,13H2,1-3H3. The summed E-state index contributed by atoms with van der Waals surface area (Å²) in [5.74, 6) is 0.00403. The molecule has 0 fully saturated rings. The zero-order chi connectivity index (χ0) is 13.1. The minimum atomic E-state index is -3.26. The fraction of sp³-hybridized carbons (Fsp3) is 0.500. The molecule has 0 bridgehead atoms. The van der Waals surface area contributed by atoms with E-state index in [-0.39, 0.29) is 11.8 Å². The molecule has 0 saturated carbocycles. The summed E-state index contributed by atoms with van der Waals surface area (Å²) in [6, 6.07) is 6.97. The summed E-state index contributed by atoms with van der Waals surface area (Å²) in [6.07, 6.45) is 0. The van der Waals surface area contributed by atoms with Crippen LogP contribution in [0.1, 0.15) is 26.3 Å². The molecule has 0 aliphatic heterocycles. The Morgan fingerprint density at radius 2 is 2.00 bits per heavy atom. The van der Waals surface area contributed by atoms with Crippen molar-refractivity contribution in [1.29, 1.82) is 0 Å². The summed E-state index contributed by atoms with van der Waals surface area (Å²) < 4.78 is 25.8. The lowest BCUT2D eigenvalue weighted by Gasteiger charge is -2.24. The van der Waals surface area contributed by atoms with Gasteiger partial charge >= 0.3 is 0 Å². The van der Waals surface area contributed by atoms with Gasteiger partial charge in [-0.25, -0.2) is 8.42 Å². The number of rotatable bonds is 5. The Morgan fingerprint density at radius 1 is 1.35 bits per heavy atom. The molecule has 0 aliphatic carbocycles. The maximum absolute atomic E-state index is 12.2. The van der Waals surface area contributed by atoms with E-state index < -0.39 is 10.0 Å². The number of nitrogens with two attached hydrogens (primary N) is 1. The summed E-state index contributed by atoms with van der Waals surface area (Å²) in [7, 11) is -3.26. The van der Waals surface area contributed by atoms with Crippen molar-refractivity contribution in [3.05, 3.63) is 29.8 Å². The van der Waals surface area contributed by atoms with Gasteiger partial charge in [-0.05, 0) is 31.5 Å². The van der Waals surface area contributed by atoms with E-state index in [1.165, 1.54) is 4.31 Å². The zero-order valence-corrected chi connectivity index (χ0v) is 11.4. The molecule has 0 amide bonds. The third-order valence-electron chi connectivity index (χ3n) is 2.55. The first-order valence-corrected chi connectivity index (χ1v) is 7.31. The van der Waals surface area contributed by atoms with Crippen LogP contribution in [0.2, 0.25) is 0 Å². The van der Waals surface area contributed by atoms with Crippen LogP contribution in [0.4, 0.5) is 5.69 Å². The van der Waals surface area contributed by atoms with Crippen LogP contribution in [-0.2, 0) is 15.8 Å². The smallest absolute Gasteiger partial charge is 0.218 e. The van der Waals surface area contributed by atoms with Crippen LogP contribution >= 0.6 is 0 Å². The number of sulfonamides is 1. The molecule has 0 aromatic heterocycles. The molecule has 0 saturated heterocycles. The third kappa shape index (κ3) is 3.71. The molecule has 5 heteroatoms. The van der Waals surface area contributed by atoms with Crippen molar-refractivity contribution in [1.82, 2.24) is 4.31 Å². The third-order valence-corrected chi connectivity index (χ3v) is 4.64. The van der Waals surface area contributed by atoms with Crippen molar-refractivity contribution in [2.75, 3.05) is 12.3 Å². The highest BCUT2D eigenvalue weighted by Crippen LogP contribution is 2.15. The predicted molar refractivity (Wildman–Crippen MR) is 71.0 cm³/mol. The molecule has 1 rings (SSSR count). The number of nitrogen functional groups attached to an aromatic ring is 1. The summed E-state index contributed by atoms with van der Waals surface area (Å²) in [5.41, 5.74) is 6.95. The predicted octanol–water partition coefficient (Wildman–Crippen LogP) is 1.83. The van der Waals surface area contributed by atoms with Gasteiger partial charge in [0.05, 0.1) is 5.75 Å². The number of anilines is 1. The second kappa shape index (κ2) is 5.51. The molecule has 0 atom stereocenters. The van der Waals surface area contributed by atoms with Crippen LogP contribution in [0.5, 0.6) is 0 Å². The summed E-state index contributed by atoms with van der Waals surface area (Å²) in [6.45, 7) is 6.08. The molecule has 0 spiro atoms. The molecule has 0 radical (unpaired) electrons. The lowest BCUT2D eigenvalue weighted by Crippen LogP contribution is -2.37. The average Bonchev–Trinajstić information content (AvgIpc) is 2.16. The van der Waals surface area contributed by atoms with E-state index in [0.717, 1.165) is 5.56 Å². The molecule has 1 aromatic carbocycles. The van der Waals surface area contributed by atoms with E-state index >= 15 is 0 Å².